The van der Waals surface area contributed by atoms with Gasteiger partial charge in [0.1, 0.15) is 11.5 Å². The fourth-order valence-electron chi connectivity index (χ4n) is 6.34. The Morgan fingerprint density at radius 3 is 2.60 bits per heavy atom. The maximum Gasteiger partial charge on any atom is 0.240 e. The molecule has 3 saturated heterocycles. The number of phenols is 1. The van der Waals surface area contributed by atoms with Gasteiger partial charge >= 0.3 is 0 Å². The summed E-state index contributed by atoms with van der Waals surface area (Å²) in [5, 5.41) is 20.6. The summed E-state index contributed by atoms with van der Waals surface area (Å²) in [7, 11) is 0. The molecule has 0 radical (unpaired) electrons. The molecule has 7 heteroatoms. The highest BCUT2D eigenvalue weighted by molar-refractivity contribution is 6.26. The fourth-order valence-corrected chi connectivity index (χ4v) is 6.34. The molecule has 1 N–H and O–H groups in total. The van der Waals surface area contributed by atoms with E-state index in [-0.39, 0.29) is 17.6 Å². The van der Waals surface area contributed by atoms with Crippen molar-refractivity contribution < 1.29 is 24.2 Å². The number of hydrogen-bond donors (Lipinski definition) is 1. The first-order valence-electron chi connectivity index (χ1n) is 11.8. The van der Waals surface area contributed by atoms with Crippen molar-refractivity contribution in [3.63, 3.8) is 0 Å². The maximum atomic E-state index is 13.9. The van der Waals surface area contributed by atoms with E-state index in [4.69, 9.17) is 9.47 Å². The summed E-state index contributed by atoms with van der Waals surface area (Å²) in [4.78, 5) is 29.0. The van der Waals surface area contributed by atoms with Crippen molar-refractivity contribution in [3.05, 3.63) is 66.2 Å². The van der Waals surface area contributed by atoms with Gasteiger partial charge in [0.15, 0.2) is 0 Å². The summed E-state index contributed by atoms with van der Waals surface area (Å²) in [5.41, 5.74) is -0.475. The van der Waals surface area contributed by atoms with Gasteiger partial charge in [0, 0.05) is 23.3 Å². The van der Waals surface area contributed by atoms with E-state index in [1.54, 1.807) is 30.3 Å². The molecule has 2 bridgehead atoms. The molecule has 0 saturated carbocycles. The second-order valence-corrected chi connectivity index (χ2v) is 9.83. The van der Waals surface area contributed by atoms with Gasteiger partial charge in [0.05, 0.1) is 47.0 Å². The largest absolute Gasteiger partial charge is 0.508 e. The molecule has 4 atom stereocenters. The molecule has 3 aliphatic rings. The van der Waals surface area contributed by atoms with Crippen LogP contribution < -0.4 is 9.64 Å². The molecular formula is C28H24N2O5. The third kappa shape index (κ3) is 3.06. The highest BCUT2D eigenvalue weighted by Crippen LogP contribution is 2.62. The first-order chi connectivity index (χ1) is 16.9. The van der Waals surface area contributed by atoms with Crippen LogP contribution in [-0.2, 0) is 14.3 Å². The molecular weight excluding hydrogens is 444 g/mol. The van der Waals surface area contributed by atoms with Crippen molar-refractivity contribution in [2.75, 3.05) is 11.5 Å². The minimum Gasteiger partial charge on any atom is -0.508 e. The van der Waals surface area contributed by atoms with Crippen molar-refractivity contribution in [1.82, 2.24) is 0 Å². The number of imide groups is 1. The van der Waals surface area contributed by atoms with Gasteiger partial charge in [-0.25, -0.2) is 4.90 Å². The standard InChI is InChI=1S/C28H24N2O5/c1-27-11-12-28(35-27,13-14-34-19-6-4-5-18(31)15-19)24-23(27)25(32)30(26(24)33)22-10-9-17(16-29)20-7-2-3-8-21(20)22/h2-10,15,23-24,31H,11-14H2,1H3/t23-,24+,27-,28-/m0/s1. The number of benzene rings is 3. The molecule has 35 heavy (non-hydrogen) atoms. The Balaban J connectivity index is 1.34. The lowest BCUT2D eigenvalue weighted by molar-refractivity contribution is -0.131. The SMILES string of the molecule is C[C@@]12CC[C@@](CCOc3cccc(O)c3)(O1)[C@H]1C(=O)N(c3ccc(C#N)c4ccccc34)C(=O)[C@H]12. The van der Waals surface area contributed by atoms with Crippen molar-refractivity contribution in [2.24, 2.45) is 11.8 Å². The molecule has 3 aromatic rings. The summed E-state index contributed by atoms with van der Waals surface area (Å²) in [6, 6.07) is 19.5. The van der Waals surface area contributed by atoms with Gasteiger partial charge in [0.2, 0.25) is 11.8 Å². The van der Waals surface area contributed by atoms with E-state index in [1.165, 1.54) is 11.0 Å². The van der Waals surface area contributed by atoms with E-state index in [1.807, 2.05) is 31.2 Å². The van der Waals surface area contributed by atoms with Crippen LogP contribution in [0, 0.1) is 23.2 Å². The summed E-state index contributed by atoms with van der Waals surface area (Å²) in [6.07, 6.45) is 1.83. The summed E-state index contributed by atoms with van der Waals surface area (Å²) >= 11 is 0. The molecule has 3 aliphatic heterocycles. The predicted molar refractivity (Wildman–Crippen MR) is 128 cm³/mol. The summed E-state index contributed by atoms with van der Waals surface area (Å²) < 4.78 is 12.3. The Hall–Kier alpha value is -3.89. The molecule has 6 rings (SSSR count). The molecule has 0 aromatic heterocycles. The van der Waals surface area contributed by atoms with Crippen LogP contribution in [0.2, 0.25) is 0 Å². The number of hydrogen-bond acceptors (Lipinski definition) is 6. The Morgan fingerprint density at radius 1 is 1.06 bits per heavy atom. The fraction of sp³-hybridized carbons (Fsp3) is 0.321. The predicted octanol–water partition coefficient (Wildman–Crippen LogP) is 4.31. The monoisotopic (exact) mass is 468 g/mol. The lowest BCUT2D eigenvalue weighted by Gasteiger charge is -2.31. The second-order valence-electron chi connectivity index (χ2n) is 9.83. The molecule has 176 valence electrons. The molecule has 3 heterocycles. The van der Waals surface area contributed by atoms with Gasteiger partial charge in [-0.15, -0.1) is 0 Å². The first-order valence-corrected chi connectivity index (χ1v) is 11.8. The van der Waals surface area contributed by atoms with E-state index >= 15 is 0 Å². The first kappa shape index (κ1) is 21.6. The molecule has 3 aromatic carbocycles. The zero-order valence-electron chi connectivity index (χ0n) is 19.2. The van der Waals surface area contributed by atoms with Gasteiger partial charge < -0.3 is 14.6 Å². The smallest absolute Gasteiger partial charge is 0.240 e. The number of phenolic OH excluding ortho intramolecular Hbond substituents is 1. The Morgan fingerprint density at radius 2 is 1.83 bits per heavy atom. The van der Waals surface area contributed by atoms with E-state index in [9.17, 15) is 20.0 Å². The van der Waals surface area contributed by atoms with Gasteiger partial charge in [0.25, 0.3) is 0 Å². The van der Waals surface area contributed by atoms with Crippen molar-refractivity contribution in [1.29, 1.82) is 5.26 Å². The van der Waals surface area contributed by atoms with Crippen LogP contribution in [0.4, 0.5) is 5.69 Å². The van der Waals surface area contributed by atoms with Crippen LogP contribution in [0.15, 0.2) is 60.7 Å². The van der Waals surface area contributed by atoms with E-state index in [0.717, 1.165) is 0 Å². The molecule has 0 aliphatic carbocycles. The van der Waals surface area contributed by atoms with Gasteiger partial charge in [-0.3, -0.25) is 9.59 Å². The zero-order chi connectivity index (χ0) is 24.4. The molecule has 3 fully saturated rings. The van der Waals surface area contributed by atoms with Gasteiger partial charge in [-0.2, -0.15) is 5.26 Å². The Labute approximate surface area is 202 Å². The summed E-state index contributed by atoms with van der Waals surface area (Å²) in [5.74, 6) is -0.984. The lowest BCUT2D eigenvalue weighted by atomic mass is 9.67. The average molecular weight is 469 g/mol. The second kappa shape index (κ2) is 7.56. The quantitative estimate of drug-likeness (QED) is 0.560. The average Bonchev–Trinajstić information content (AvgIpc) is 3.43. The van der Waals surface area contributed by atoms with Crippen molar-refractivity contribution in [3.8, 4) is 17.6 Å². The number of ether oxygens (including phenoxy) is 2. The maximum absolute atomic E-state index is 13.9. The number of amides is 2. The van der Waals surface area contributed by atoms with Crippen LogP contribution >= 0.6 is 0 Å². The zero-order valence-corrected chi connectivity index (χ0v) is 19.2. The van der Waals surface area contributed by atoms with Crippen LogP contribution in [0.5, 0.6) is 11.5 Å². The number of nitrogens with zero attached hydrogens (tertiary/aromatic N) is 2. The van der Waals surface area contributed by atoms with E-state index < -0.39 is 23.0 Å². The molecule has 2 amide bonds. The third-order valence-corrected chi connectivity index (χ3v) is 7.89. The Kier molecular flexibility index (Phi) is 4.67. The molecule has 0 unspecified atom stereocenters. The minimum atomic E-state index is -0.778. The Bertz CT molecular complexity index is 1430. The lowest BCUT2D eigenvalue weighted by Crippen LogP contribution is -2.43. The van der Waals surface area contributed by atoms with Crippen LogP contribution in [0.25, 0.3) is 10.8 Å². The van der Waals surface area contributed by atoms with Crippen LogP contribution in [0.3, 0.4) is 0 Å². The van der Waals surface area contributed by atoms with Crippen LogP contribution in [0.1, 0.15) is 31.7 Å². The number of rotatable bonds is 5. The highest BCUT2D eigenvalue weighted by atomic mass is 16.5. The molecule has 0 spiro atoms. The summed E-state index contributed by atoms with van der Waals surface area (Å²) in [6.45, 7) is 2.23. The third-order valence-electron chi connectivity index (χ3n) is 7.89. The number of carbonyl (C=O) groups excluding carboxylic acids is 2. The number of aromatic hydroxyl groups is 1. The van der Waals surface area contributed by atoms with Gasteiger partial charge in [-0.05, 0) is 44.0 Å². The van der Waals surface area contributed by atoms with Crippen molar-refractivity contribution in [2.45, 2.75) is 37.4 Å². The highest BCUT2D eigenvalue weighted by Gasteiger charge is 2.73. The number of carbonyl (C=O) groups is 2. The topological polar surface area (TPSA) is 99.9 Å². The number of anilines is 1. The molecule has 7 nitrogen and oxygen atoms in total. The van der Waals surface area contributed by atoms with E-state index in [0.29, 0.717) is 53.6 Å². The van der Waals surface area contributed by atoms with E-state index in [2.05, 4.69) is 6.07 Å². The van der Waals surface area contributed by atoms with Crippen molar-refractivity contribution >= 4 is 28.3 Å². The van der Waals surface area contributed by atoms with Crippen LogP contribution in [-0.4, -0.2) is 34.7 Å². The van der Waals surface area contributed by atoms with Gasteiger partial charge in [-0.1, -0.05) is 30.3 Å². The number of nitriles is 1. The normalized spacial score (nSPS) is 29.0. The minimum absolute atomic E-state index is 0.119. The number of fused-ring (bicyclic) bond motifs is 6.